The van der Waals surface area contributed by atoms with Gasteiger partial charge >= 0.3 is 0 Å². The molecule has 0 spiro atoms. The van der Waals surface area contributed by atoms with Crippen LogP contribution in [0, 0.1) is 12.8 Å². The monoisotopic (exact) mass is 410 g/mol. The third kappa shape index (κ3) is 4.92. The van der Waals surface area contributed by atoms with Crippen LogP contribution < -0.4 is 5.32 Å². The van der Waals surface area contributed by atoms with E-state index in [1.807, 2.05) is 37.3 Å². The molecule has 1 fully saturated rings. The van der Waals surface area contributed by atoms with Gasteiger partial charge in [0, 0.05) is 23.8 Å². The lowest BCUT2D eigenvalue weighted by molar-refractivity contribution is -0.121. The summed E-state index contributed by atoms with van der Waals surface area (Å²) in [6.45, 7) is 4.42. The van der Waals surface area contributed by atoms with Gasteiger partial charge in [-0.15, -0.1) is 0 Å². The molecular formula is C20H21Cl3N2O. The molecule has 0 aliphatic carbocycles. The molecule has 138 valence electrons. The Morgan fingerprint density at radius 3 is 2.69 bits per heavy atom. The molecule has 6 heteroatoms. The van der Waals surface area contributed by atoms with E-state index in [9.17, 15) is 4.79 Å². The Labute approximate surface area is 169 Å². The predicted octanol–water partition coefficient (Wildman–Crippen LogP) is 5.81. The Kier molecular flexibility index (Phi) is 6.46. The molecular weight excluding hydrogens is 391 g/mol. The van der Waals surface area contributed by atoms with Gasteiger partial charge in [0.25, 0.3) is 0 Å². The number of aryl methyl sites for hydroxylation is 1. The second-order valence-corrected chi connectivity index (χ2v) is 8.02. The third-order valence-electron chi connectivity index (χ3n) is 4.71. The maximum Gasteiger partial charge on any atom is 0.228 e. The lowest BCUT2D eigenvalue weighted by Gasteiger charge is -2.32. The van der Waals surface area contributed by atoms with E-state index in [1.54, 1.807) is 6.07 Å². The Bertz CT molecular complexity index is 810. The standard InChI is InChI=1S/C20H21Cl3N2O/c1-13-9-16(21)5-7-19(13)24-20(26)15-3-2-8-25(12-15)11-14-4-6-17(22)18(23)10-14/h4-7,9-10,15H,2-3,8,11-12H2,1H3,(H,24,26). The molecule has 0 bridgehead atoms. The van der Waals surface area contributed by atoms with Crippen molar-refractivity contribution in [3.8, 4) is 0 Å². The normalized spacial score (nSPS) is 17.9. The molecule has 1 unspecified atom stereocenters. The molecule has 26 heavy (non-hydrogen) atoms. The number of halogens is 3. The second kappa shape index (κ2) is 8.62. The first-order chi connectivity index (χ1) is 12.4. The summed E-state index contributed by atoms with van der Waals surface area (Å²) in [7, 11) is 0. The van der Waals surface area contributed by atoms with Gasteiger partial charge in [-0.1, -0.05) is 40.9 Å². The number of nitrogens with one attached hydrogen (secondary N) is 1. The van der Waals surface area contributed by atoms with Gasteiger partial charge in [0.1, 0.15) is 0 Å². The van der Waals surface area contributed by atoms with Crippen molar-refractivity contribution in [2.24, 2.45) is 5.92 Å². The smallest absolute Gasteiger partial charge is 0.228 e. The first-order valence-corrected chi connectivity index (χ1v) is 9.79. The zero-order valence-electron chi connectivity index (χ0n) is 14.6. The summed E-state index contributed by atoms with van der Waals surface area (Å²) in [6, 6.07) is 11.2. The number of piperidine rings is 1. The van der Waals surface area contributed by atoms with Crippen molar-refractivity contribution >= 4 is 46.4 Å². The van der Waals surface area contributed by atoms with Crippen LogP contribution >= 0.6 is 34.8 Å². The molecule has 1 saturated heterocycles. The Morgan fingerprint density at radius 1 is 1.15 bits per heavy atom. The number of benzene rings is 2. The highest BCUT2D eigenvalue weighted by Gasteiger charge is 2.26. The lowest BCUT2D eigenvalue weighted by atomic mass is 9.96. The molecule has 1 N–H and O–H groups in total. The number of carbonyl (C=O) groups is 1. The average Bonchev–Trinajstić information content (AvgIpc) is 2.61. The van der Waals surface area contributed by atoms with Crippen LogP contribution in [-0.4, -0.2) is 23.9 Å². The van der Waals surface area contributed by atoms with Crippen molar-refractivity contribution < 1.29 is 4.79 Å². The molecule has 1 atom stereocenters. The molecule has 1 aliphatic heterocycles. The molecule has 0 saturated carbocycles. The summed E-state index contributed by atoms with van der Waals surface area (Å²) in [5.74, 6) is 0.0378. The van der Waals surface area contributed by atoms with E-state index in [0.29, 0.717) is 15.1 Å². The topological polar surface area (TPSA) is 32.3 Å². The van der Waals surface area contributed by atoms with Crippen LogP contribution in [0.25, 0.3) is 0 Å². The van der Waals surface area contributed by atoms with Crippen LogP contribution in [0.4, 0.5) is 5.69 Å². The first kappa shape index (κ1) is 19.5. The van der Waals surface area contributed by atoms with Gasteiger partial charge in [-0.2, -0.15) is 0 Å². The van der Waals surface area contributed by atoms with Gasteiger partial charge in [-0.3, -0.25) is 9.69 Å². The van der Waals surface area contributed by atoms with E-state index in [0.717, 1.165) is 49.3 Å². The molecule has 1 aliphatic rings. The van der Waals surface area contributed by atoms with Gasteiger partial charge < -0.3 is 5.32 Å². The number of likely N-dealkylation sites (tertiary alicyclic amines) is 1. The van der Waals surface area contributed by atoms with Crippen LogP contribution in [-0.2, 0) is 11.3 Å². The fourth-order valence-electron chi connectivity index (χ4n) is 3.31. The number of carbonyl (C=O) groups excluding carboxylic acids is 1. The Hall–Kier alpha value is -1.26. The highest BCUT2D eigenvalue weighted by Crippen LogP contribution is 2.26. The number of amides is 1. The first-order valence-electron chi connectivity index (χ1n) is 8.65. The highest BCUT2D eigenvalue weighted by atomic mass is 35.5. The predicted molar refractivity (Wildman–Crippen MR) is 109 cm³/mol. The SMILES string of the molecule is Cc1cc(Cl)ccc1NC(=O)C1CCCN(Cc2ccc(Cl)c(Cl)c2)C1. The van der Waals surface area contributed by atoms with Crippen molar-refractivity contribution in [1.82, 2.24) is 4.90 Å². The average molecular weight is 412 g/mol. The number of anilines is 1. The molecule has 0 radical (unpaired) electrons. The van der Waals surface area contributed by atoms with Crippen molar-refractivity contribution in [3.05, 3.63) is 62.6 Å². The number of nitrogens with zero attached hydrogens (tertiary/aromatic N) is 1. The lowest BCUT2D eigenvalue weighted by Crippen LogP contribution is -2.40. The van der Waals surface area contributed by atoms with Crippen LogP contribution in [0.15, 0.2) is 36.4 Å². The van der Waals surface area contributed by atoms with Crippen LogP contribution in [0.2, 0.25) is 15.1 Å². The van der Waals surface area contributed by atoms with Crippen LogP contribution in [0.3, 0.4) is 0 Å². The molecule has 0 aromatic heterocycles. The van der Waals surface area contributed by atoms with Gasteiger partial charge in [0.2, 0.25) is 5.91 Å². The van der Waals surface area contributed by atoms with E-state index in [4.69, 9.17) is 34.8 Å². The van der Waals surface area contributed by atoms with E-state index < -0.39 is 0 Å². The Morgan fingerprint density at radius 2 is 1.96 bits per heavy atom. The minimum Gasteiger partial charge on any atom is -0.326 e. The summed E-state index contributed by atoms with van der Waals surface area (Å²) < 4.78 is 0. The summed E-state index contributed by atoms with van der Waals surface area (Å²) in [5.41, 5.74) is 2.89. The number of rotatable bonds is 4. The molecule has 3 nitrogen and oxygen atoms in total. The summed E-state index contributed by atoms with van der Waals surface area (Å²) in [4.78, 5) is 15.0. The summed E-state index contributed by atoms with van der Waals surface area (Å²) in [6.07, 6.45) is 1.90. The minimum atomic E-state index is -0.0263. The van der Waals surface area contributed by atoms with Crippen LogP contribution in [0.5, 0.6) is 0 Å². The summed E-state index contributed by atoms with van der Waals surface area (Å²) >= 11 is 18.1. The maximum absolute atomic E-state index is 12.7. The van der Waals surface area contributed by atoms with Gasteiger partial charge in [-0.05, 0) is 67.8 Å². The highest BCUT2D eigenvalue weighted by molar-refractivity contribution is 6.42. The van der Waals surface area contributed by atoms with Gasteiger partial charge in [0.15, 0.2) is 0 Å². The van der Waals surface area contributed by atoms with Crippen molar-refractivity contribution in [2.75, 3.05) is 18.4 Å². The Balaban J connectivity index is 1.62. The molecule has 3 rings (SSSR count). The second-order valence-electron chi connectivity index (χ2n) is 6.77. The van der Waals surface area contributed by atoms with Crippen molar-refractivity contribution in [1.29, 1.82) is 0 Å². The molecule has 1 heterocycles. The van der Waals surface area contributed by atoms with Gasteiger partial charge in [-0.25, -0.2) is 0 Å². The zero-order valence-corrected chi connectivity index (χ0v) is 16.8. The summed E-state index contributed by atoms with van der Waals surface area (Å²) in [5, 5.41) is 4.84. The van der Waals surface area contributed by atoms with Crippen molar-refractivity contribution in [3.63, 3.8) is 0 Å². The molecule has 2 aromatic rings. The van der Waals surface area contributed by atoms with E-state index in [1.165, 1.54) is 0 Å². The minimum absolute atomic E-state index is 0.0263. The largest absolute Gasteiger partial charge is 0.326 e. The fraction of sp³-hybridized carbons (Fsp3) is 0.350. The number of hydrogen-bond donors (Lipinski definition) is 1. The molecule has 2 aromatic carbocycles. The van der Waals surface area contributed by atoms with Crippen LogP contribution in [0.1, 0.15) is 24.0 Å². The molecule has 1 amide bonds. The van der Waals surface area contributed by atoms with E-state index >= 15 is 0 Å². The number of hydrogen-bond acceptors (Lipinski definition) is 2. The van der Waals surface area contributed by atoms with Gasteiger partial charge in [0.05, 0.1) is 16.0 Å². The maximum atomic E-state index is 12.7. The van der Waals surface area contributed by atoms with E-state index in [2.05, 4.69) is 10.2 Å². The quantitative estimate of drug-likeness (QED) is 0.689. The van der Waals surface area contributed by atoms with Crippen molar-refractivity contribution in [2.45, 2.75) is 26.3 Å². The van der Waals surface area contributed by atoms with E-state index in [-0.39, 0.29) is 11.8 Å². The zero-order chi connectivity index (χ0) is 18.7. The third-order valence-corrected chi connectivity index (χ3v) is 5.69. The fourth-order valence-corrected chi connectivity index (χ4v) is 3.86.